The molecule has 0 N–H and O–H groups in total. The van der Waals surface area contributed by atoms with Gasteiger partial charge >= 0.3 is 12.4 Å². The van der Waals surface area contributed by atoms with Gasteiger partial charge in [0.2, 0.25) is 0 Å². The van der Waals surface area contributed by atoms with Gasteiger partial charge in [-0.3, -0.25) is 0 Å². The lowest BCUT2D eigenvalue weighted by atomic mass is 9.89. The molecule has 0 aliphatic heterocycles. The van der Waals surface area contributed by atoms with Gasteiger partial charge in [-0.05, 0) is 139 Å². The van der Waals surface area contributed by atoms with Gasteiger partial charge < -0.3 is 9.13 Å². The Morgan fingerprint density at radius 2 is 0.857 bits per heavy atom. The van der Waals surface area contributed by atoms with Crippen LogP contribution in [0.2, 0.25) is 0 Å². The van der Waals surface area contributed by atoms with Crippen LogP contribution >= 0.6 is 0 Å². The number of alkyl halides is 6. The van der Waals surface area contributed by atoms with Crippen LogP contribution in [0, 0.1) is 39.0 Å². The Kier molecular flexibility index (Phi) is 10.4. The zero-order valence-electron chi connectivity index (χ0n) is 38.4. The molecule has 342 valence electrons. The number of aryl methyl sites for hydroxylation is 4. The van der Waals surface area contributed by atoms with E-state index in [1.807, 2.05) is 94.9 Å². The Bertz CT molecular complexity index is 3960. The van der Waals surface area contributed by atoms with Crippen molar-refractivity contribution >= 4 is 43.6 Å². The van der Waals surface area contributed by atoms with E-state index >= 15 is 26.3 Å². The van der Waals surface area contributed by atoms with Crippen molar-refractivity contribution < 1.29 is 26.3 Å². The van der Waals surface area contributed by atoms with Crippen molar-refractivity contribution in [3.63, 3.8) is 0 Å². The summed E-state index contributed by atoms with van der Waals surface area (Å²) < 4.78 is 94.0. The van der Waals surface area contributed by atoms with Crippen LogP contribution in [0.4, 0.5) is 26.3 Å². The van der Waals surface area contributed by atoms with Crippen molar-refractivity contribution in [2.24, 2.45) is 0 Å². The van der Waals surface area contributed by atoms with Crippen LogP contribution in [0.1, 0.15) is 38.9 Å². The highest BCUT2D eigenvalue weighted by molar-refractivity contribution is 6.13. The van der Waals surface area contributed by atoms with Crippen molar-refractivity contribution in [1.82, 2.24) is 9.13 Å². The summed E-state index contributed by atoms with van der Waals surface area (Å²) in [5.41, 5.74) is 9.28. The molecular formula is C61H41F6N3. The van der Waals surface area contributed by atoms with Crippen molar-refractivity contribution in [1.29, 1.82) is 5.26 Å². The van der Waals surface area contributed by atoms with Gasteiger partial charge in [0.05, 0.1) is 56.2 Å². The zero-order chi connectivity index (χ0) is 48.8. The first-order valence-electron chi connectivity index (χ1n) is 22.8. The Balaban J connectivity index is 1.25. The first-order valence-corrected chi connectivity index (χ1v) is 22.8. The lowest BCUT2D eigenvalue weighted by Gasteiger charge is -2.23. The van der Waals surface area contributed by atoms with Crippen LogP contribution in [-0.4, -0.2) is 9.13 Å². The number of nitrogens with zero attached hydrogens (tertiary/aromatic N) is 3. The van der Waals surface area contributed by atoms with E-state index in [9.17, 15) is 5.26 Å². The monoisotopic (exact) mass is 929 g/mol. The molecule has 0 aliphatic rings. The molecule has 0 amide bonds. The Morgan fingerprint density at radius 1 is 0.386 bits per heavy atom. The minimum absolute atomic E-state index is 0.173. The van der Waals surface area contributed by atoms with E-state index in [1.165, 1.54) is 12.1 Å². The predicted molar refractivity (Wildman–Crippen MR) is 271 cm³/mol. The Hall–Kier alpha value is -8.35. The molecule has 0 fully saturated rings. The number of rotatable bonds is 6. The molecule has 0 spiro atoms. The van der Waals surface area contributed by atoms with E-state index in [-0.39, 0.29) is 16.7 Å². The van der Waals surface area contributed by atoms with Gasteiger partial charge in [0.1, 0.15) is 0 Å². The molecule has 11 aromatic rings. The first kappa shape index (κ1) is 44.2. The molecule has 0 atom stereocenters. The largest absolute Gasteiger partial charge is 0.417 e. The van der Waals surface area contributed by atoms with E-state index in [2.05, 4.69) is 75.4 Å². The van der Waals surface area contributed by atoms with Gasteiger partial charge in [-0.1, -0.05) is 114 Å². The second kappa shape index (κ2) is 16.4. The van der Waals surface area contributed by atoms with Gasteiger partial charge in [-0.25, -0.2) is 0 Å². The summed E-state index contributed by atoms with van der Waals surface area (Å²) in [7, 11) is 0. The Labute approximate surface area is 399 Å². The molecule has 0 unspecified atom stereocenters. The van der Waals surface area contributed by atoms with Crippen molar-refractivity contribution in [3.05, 3.63) is 215 Å². The average Bonchev–Trinajstić information content (AvgIpc) is 3.85. The fourth-order valence-corrected chi connectivity index (χ4v) is 10.6. The summed E-state index contributed by atoms with van der Waals surface area (Å²) in [6, 6.07) is 54.7. The molecule has 2 heterocycles. The van der Waals surface area contributed by atoms with Crippen LogP contribution in [0.3, 0.4) is 0 Å². The molecule has 70 heavy (non-hydrogen) atoms. The average molecular weight is 930 g/mol. The minimum atomic E-state index is -5.13. The van der Waals surface area contributed by atoms with Gasteiger partial charge in [0.25, 0.3) is 0 Å². The van der Waals surface area contributed by atoms with Crippen LogP contribution in [0.5, 0.6) is 0 Å². The second-order valence-electron chi connectivity index (χ2n) is 18.1. The smallest absolute Gasteiger partial charge is 0.309 e. The number of fused-ring (bicyclic) bond motifs is 6. The van der Waals surface area contributed by atoms with Gasteiger partial charge in [0, 0.05) is 38.2 Å². The topological polar surface area (TPSA) is 33.6 Å². The maximum Gasteiger partial charge on any atom is 0.417 e. The quantitative estimate of drug-likeness (QED) is 0.153. The summed E-state index contributed by atoms with van der Waals surface area (Å²) in [5, 5.41) is 14.7. The Morgan fingerprint density at radius 3 is 1.36 bits per heavy atom. The van der Waals surface area contributed by atoms with Gasteiger partial charge in [0.15, 0.2) is 0 Å². The van der Waals surface area contributed by atoms with Crippen molar-refractivity contribution in [3.8, 4) is 62.0 Å². The third kappa shape index (κ3) is 7.21. The third-order valence-corrected chi connectivity index (χ3v) is 13.6. The molecule has 0 saturated heterocycles. The molecule has 0 saturated carbocycles. The van der Waals surface area contributed by atoms with Crippen LogP contribution < -0.4 is 0 Å². The van der Waals surface area contributed by atoms with Crippen molar-refractivity contribution in [2.75, 3.05) is 0 Å². The number of hydrogen-bond donors (Lipinski definition) is 0. The maximum atomic E-state index is 15.0. The van der Waals surface area contributed by atoms with E-state index in [0.29, 0.717) is 29.1 Å². The molecule has 9 heteroatoms. The lowest BCUT2D eigenvalue weighted by molar-refractivity contribution is -0.142. The fraction of sp³-hybridized carbons (Fsp3) is 0.0984. The number of nitriles is 1. The third-order valence-electron chi connectivity index (χ3n) is 13.6. The summed E-state index contributed by atoms with van der Waals surface area (Å²) in [4.78, 5) is 0. The standard InChI is InChI=1S/C61H41F6N3/c1-35-19-24-43(37(3)29-35)39-21-26-54-47(31-39)45-12-5-7-16-52(45)69(54)56-28-23-41(59-50(60(62,63)64)14-10-15-51(59)61(65,66)67)33-49(56)58-42(34-68)11-9-18-57(58)70-53-17-8-6-13-46(53)48-32-40(22-27-55(48)70)44-25-20-36(2)30-38(44)4/h5-33H,1-4H3. The summed E-state index contributed by atoms with van der Waals surface area (Å²) in [5.74, 6) is 0. The maximum absolute atomic E-state index is 15.0. The molecule has 0 radical (unpaired) electrons. The predicted octanol–water partition coefficient (Wildman–Crippen LogP) is 17.7. The molecular weight excluding hydrogens is 889 g/mol. The zero-order valence-corrected chi connectivity index (χ0v) is 38.4. The van der Waals surface area contributed by atoms with E-state index in [0.717, 1.165) is 94.2 Å². The number of aromatic nitrogens is 2. The van der Waals surface area contributed by atoms with E-state index in [4.69, 9.17) is 0 Å². The van der Waals surface area contributed by atoms with Gasteiger partial charge in [-0.15, -0.1) is 0 Å². The fourth-order valence-electron chi connectivity index (χ4n) is 10.6. The molecule has 3 nitrogen and oxygen atoms in total. The highest BCUT2D eigenvalue weighted by Crippen LogP contribution is 2.49. The minimum Gasteiger partial charge on any atom is -0.309 e. The molecule has 0 aliphatic carbocycles. The SMILES string of the molecule is Cc1ccc(-c2ccc3c(c2)c2ccccc2n3-c2ccc(-c3c(C(F)(F)F)cccc3C(F)(F)F)cc2-c2c(C#N)cccc2-n2c3ccccc3c3cc(-c4ccc(C)cc4C)ccc32)c(C)c1. The highest BCUT2D eigenvalue weighted by Gasteiger charge is 2.41. The number of para-hydroxylation sites is 2. The molecule has 11 rings (SSSR count). The van der Waals surface area contributed by atoms with E-state index in [1.54, 1.807) is 18.2 Å². The summed E-state index contributed by atoms with van der Waals surface area (Å²) >= 11 is 0. The summed E-state index contributed by atoms with van der Waals surface area (Å²) in [6.07, 6.45) is -10.3. The molecule has 9 aromatic carbocycles. The highest BCUT2D eigenvalue weighted by atomic mass is 19.4. The summed E-state index contributed by atoms with van der Waals surface area (Å²) in [6.45, 7) is 8.24. The number of benzene rings is 9. The number of hydrogen-bond acceptors (Lipinski definition) is 1. The van der Waals surface area contributed by atoms with Crippen LogP contribution in [-0.2, 0) is 12.4 Å². The van der Waals surface area contributed by atoms with Crippen LogP contribution in [0.15, 0.2) is 176 Å². The van der Waals surface area contributed by atoms with Crippen LogP contribution in [0.25, 0.3) is 99.5 Å². The lowest BCUT2D eigenvalue weighted by Crippen LogP contribution is -2.14. The second-order valence-corrected chi connectivity index (χ2v) is 18.1. The molecule has 0 bridgehead atoms. The van der Waals surface area contributed by atoms with Gasteiger partial charge in [-0.2, -0.15) is 31.6 Å². The molecule has 2 aromatic heterocycles. The van der Waals surface area contributed by atoms with E-state index < -0.39 is 29.0 Å². The number of halogens is 6. The first-order chi connectivity index (χ1) is 33.6. The van der Waals surface area contributed by atoms with Crippen molar-refractivity contribution in [2.45, 2.75) is 40.0 Å². The normalized spacial score (nSPS) is 12.1.